The zero-order valence-electron chi connectivity index (χ0n) is 14.5. The van der Waals surface area contributed by atoms with Crippen LogP contribution < -0.4 is 5.32 Å². The van der Waals surface area contributed by atoms with E-state index < -0.39 is 0 Å². The lowest BCUT2D eigenvalue weighted by Gasteiger charge is -2.08. The monoisotopic (exact) mass is 343 g/mol. The normalized spacial score (nSPS) is 10.6. The van der Waals surface area contributed by atoms with Crippen molar-refractivity contribution in [3.63, 3.8) is 0 Å². The molecule has 1 aromatic heterocycles. The molecule has 25 heavy (non-hydrogen) atoms. The fraction of sp³-hybridized carbons (Fsp3) is 0.368. The minimum atomic E-state index is -0.198. The van der Waals surface area contributed by atoms with Crippen molar-refractivity contribution in [2.24, 2.45) is 0 Å². The van der Waals surface area contributed by atoms with Gasteiger partial charge in [-0.05, 0) is 30.7 Å². The Balaban J connectivity index is 1.94. The molecule has 2 aromatic rings. The van der Waals surface area contributed by atoms with Crippen LogP contribution in [0.1, 0.15) is 51.0 Å². The van der Waals surface area contributed by atoms with Crippen molar-refractivity contribution in [1.29, 1.82) is 5.41 Å². The highest BCUT2D eigenvalue weighted by Crippen LogP contribution is 2.30. The van der Waals surface area contributed by atoms with Crippen LogP contribution in [0, 0.1) is 5.41 Å². The summed E-state index contributed by atoms with van der Waals surface area (Å²) in [6.07, 6.45) is 8.30. The van der Waals surface area contributed by atoms with Crippen LogP contribution in [0.25, 0.3) is 5.69 Å². The van der Waals surface area contributed by atoms with Gasteiger partial charge in [0, 0.05) is 24.0 Å². The summed E-state index contributed by atoms with van der Waals surface area (Å²) in [5.41, 5.74) is 1.38. The quantitative estimate of drug-likeness (QED) is 0.406. The Hall–Kier alpha value is -2.76. The first-order valence-corrected chi connectivity index (χ1v) is 8.60. The molecule has 0 bridgehead atoms. The van der Waals surface area contributed by atoms with Gasteiger partial charge in [0.2, 0.25) is 11.8 Å². The van der Waals surface area contributed by atoms with Crippen LogP contribution in [0.4, 0.5) is 5.69 Å². The third-order valence-corrected chi connectivity index (χ3v) is 4.08. The number of benzene rings is 1. The van der Waals surface area contributed by atoms with E-state index in [9.17, 15) is 15.0 Å². The lowest BCUT2D eigenvalue weighted by molar-refractivity contribution is -0.116. The third-order valence-electron chi connectivity index (χ3n) is 4.08. The van der Waals surface area contributed by atoms with Crippen LogP contribution in [0.15, 0.2) is 30.5 Å². The van der Waals surface area contributed by atoms with Gasteiger partial charge in [0.25, 0.3) is 0 Å². The Morgan fingerprint density at radius 1 is 1.16 bits per heavy atom. The Morgan fingerprint density at radius 2 is 1.84 bits per heavy atom. The molecular formula is C19H25N3O3. The summed E-state index contributed by atoms with van der Waals surface area (Å²) in [6.45, 7) is 2.16. The molecule has 0 unspecified atom stereocenters. The van der Waals surface area contributed by atoms with Crippen LogP contribution >= 0.6 is 0 Å². The Bertz CT molecular complexity index is 720. The smallest absolute Gasteiger partial charge is 0.224 e. The van der Waals surface area contributed by atoms with E-state index in [1.54, 1.807) is 24.3 Å². The fourth-order valence-corrected chi connectivity index (χ4v) is 2.65. The van der Waals surface area contributed by atoms with Crippen molar-refractivity contribution in [3.05, 3.63) is 36.0 Å². The first-order valence-electron chi connectivity index (χ1n) is 8.60. The molecule has 0 radical (unpaired) electrons. The second-order valence-electron chi connectivity index (χ2n) is 6.03. The van der Waals surface area contributed by atoms with E-state index in [1.165, 1.54) is 30.0 Å². The number of carbonyl (C=O) groups excluding carboxylic acids is 1. The second kappa shape index (κ2) is 8.92. The van der Waals surface area contributed by atoms with Gasteiger partial charge in [0.15, 0.2) is 0 Å². The maximum Gasteiger partial charge on any atom is 0.224 e. The molecule has 0 atom stereocenters. The highest BCUT2D eigenvalue weighted by Gasteiger charge is 2.13. The molecule has 134 valence electrons. The molecule has 1 amide bonds. The standard InChI is InChI=1S/C19H25N3O3/c1-2-3-4-5-6-7-18(24)21-14-8-10-15(11-9-14)22-13-17(23)16(12-20)19(22)25/h8-13,20,23,25H,2-7H2,1H3,(H,21,24). The number of hydrogen-bond donors (Lipinski definition) is 4. The van der Waals surface area contributed by atoms with Gasteiger partial charge in [-0.15, -0.1) is 0 Å². The van der Waals surface area contributed by atoms with Gasteiger partial charge in [0.05, 0.1) is 11.8 Å². The summed E-state index contributed by atoms with van der Waals surface area (Å²) in [7, 11) is 0. The van der Waals surface area contributed by atoms with Crippen LogP contribution in [-0.4, -0.2) is 26.9 Å². The van der Waals surface area contributed by atoms with E-state index in [2.05, 4.69) is 12.2 Å². The van der Waals surface area contributed by atoms with Crippen molar-refractivity contribution in [2.45, 2.75) is 45.4 Å². The van der Waals surface area contributed by atoms with Gasteiger partial charge in [-0.3, -0.25) is 9.36 Å². The lowest BCUT2D eigenvalue weighted by atomic mass is 10.1. The molecule has 1 heterocycles. The number of hydrogen-bond acceptors (Lipinski definition) is 4. The number of rotatable bonds is 9. The van der Waals surface area contributed by atoms with Gasteiger partial charge < -0.3 is 20.9 Å². The predicted octanol–water partition coefficient (Wildman–Crippen LogP) is 4.19. The number of nitrogens with one attached hydrogen (secondary N) is 2. The lowest BCUT2D eigenvalue weighted by Crippen LogP contribution is -2.11. The molecule has 0 aliphatic carbocycles. The molecule has 0 aliphatic rings. The molecule has 6 nitrogen and oxygen atoms in total. The minimum Gasteiger partial charge on any atom is -0.506 e. The molecule has 0 saturated heterocycles. The van der Waals surface area contributed by atoms with Gasteiger partial charge in [0.1, 0.15) is 5.75 Å². The van der Waals surface area contributed by atoms with E-state index >= 15 is 0 Å². The van der Waals surface area contributed by atoms with Crippen LogP contribution in [0.5, 0.6) is 11.6 Å². The summed E-state index contributed by atoms with van der Waals surface area (Å²) in [5, 5.41) is 29.8. The van der Waals surface area contributed by atoms with Gasteiger partial charge in [-0.25, -0.2) is 0 Å². The average molecular weight is 343 g/mol. The number of unbranched alkanes of at least 4 members (excludes halogenated alkanes) is 4. The van der Waals surface area contributed by atoms with Crippen molar-refractivity contribution in [2.75, 3.05) is 5.32 Å². The van der Waals surface area contributed by atoms with E-state index in [0.717, 1.165) is 19.1 Å². The van der Waals surface area contributed by atoms with Crippen molar-refractivity contribution in [1.82, 2.24) is 4.57 Å². The maximum atomic E-state index is 11.9. The average Bonchev–Trinajstić information content (AvgIpc) is 2.89. The molecular weight excluding hydrogens is 318 g/mol. The highest BCUT2D eigenvalue weighted by atomic mass is 16.3. The van der Waals surface area contributed by atoms with Gasteiger partial charge in [-0.2, -0.15) is 0 Å². The SMILES string of the molecule is CCCCCCCC(=O)Nc1ccc(-n2cc(O)c(C=N)c2O)cc1. The van der Waals surface area contributed by atoms with Crippen molar-refractivity contribution >= 4 is 17.8 Å². The topological polar surface area (TPSA) is 98.3 Å². The zero-order chi connectivity index (χ0) is 18.2. The highest BCUT2D eigenvalue weighted by molar-refractivity contribution is 5.90. The summed E-state index contributed by atoms with van der Waals surface area (Å²) in [4.78, 5) is 11.9. The van der Waals surface area contributed by atoms with E-state index in [0.29, 0.717) is 17.8 Å². The Labute approximate surface area is 147 Å². The van der Waals surface area contributed by atoms with Crippen molar-refractivity contribution < 1.29 is 15.0 Å². The molecule has 0 saturated carbocycles. The predicted molar refractivity (Wildman–Crippen MR) is 99.0 cm³/mol. The summed E-state index contributed by atoms with van der Waals surface area (Å²) in [6, 6.07) is 6.93. The van der Waals surface area contributed by atoms with Crippen LogP contribution in [-0.2, 0) is 4.79 Å². The number of nitrogens with zero attached hydrogens (tertiary/aromatic N) is 1. The summed E-state index contributed by atoms with van der Waals surface area (Å²) in [5.74, 6) is -0.360. The summed E-state index contributed by atoms with van der Waals surface area (Å²) >= 11 is 0. The molecule has 4 N–H and O–H groups in total. The van der Waals surface area contributed by atoms with E-state index in [1.807, 2.05) is 0 Å². The molecule has 6 heteroatoms. The summed E-state index contributed by atoms with van der Waals surface area (Å²) < 4.78 is 1.38. The molecule has 0 spiro atoms. The number of amides is 1. The number of aromatic hydroxyl groups is 2. The van der Waals surface area contributed by atoms with Crippen molar-refractivity contribution in [3.8, 4) is 17.3 Å². The van der Waals surface area contributed by atoms with Gasteiger partial charge >= 0.3 is 0 Å². The zero-order valence-corrected chi connectivity index (χ0v) is 14.5. The van der Waals surface area contributed by atoms with Crippen LogP contribution in [0.3, 0.4) is 0 Å². The number of carbonyl (C=O) groups is 1. The third kappa shape index (κ3) is 4.86. The van der Waals surface area contributed by atoms with Crippen LogP contribution in [0.2, 0.25) is 0 Å². The molecule has 2 rings (SSSR count). The van der Waals surface area contributed by atoms with Gasteiger partial charge in [-0.1, -0.05) is 32.6 Å². The van der Waals surface area contributed by atoms with E-state index in [-0.39, 0.29) is 23.1 Å². The molecule has 0 fully saturated rings. The largest absolute Gasteiger partial charge is 0.506 e. The first-order chi connectivity index (χ1) is 12.1. The first kappa shape index (κ1) is 18.6. The number of anilines is 1. The second-order valence-corrected chi connectivity index (χ2v) is 6.03. The number of aromatic nitrogens is 1. The Kier molecular flexibility index (Phi) is 6.62. The maximum absolute atomic E-state index is 11.9. The minimum absolute atomic E-state index is 0.00297. The van der Waals surface area contributed by atoms with E-state index in [4.69, 9.17) is 5.41 Å². The molecule has 0 aliphatic heterocycles. The fourth-order valence-electron chi connectivity index (χ4n) is 2.65. The Morgan fingerprint density at radius 3 is 2.44 bits per heavy atom. The molecule has 1 aromatic carbocycles.